The van der Waals surface area contributed by atoms with E-state index in [2.05, 4.69) is 28.9 Å². The highest BCUT2D eigenvalue weighted by atomic mass is 32.2. The third kappa shape index (κ3) is 3.47. The molecule has 3 nitrogen and oxygen atoms in total. The highest BCUT2D eigenvalue weighted by molar-refractivity contribution is 7.99. The number of rotatable bonds is 4. The molecule has 0 bridgehead atoms. The number of morpholine rings is 1. The molecule has 0 atom stereocenters. The van der Waals surface area contributed by atoms with Gasteiger partial charge < -0.3 is 4.74 Å². The van der Waals surface area contributed by atoms with Crippen LogP contribution in [0.1, 0.15) is 12.6 Å². The first-order chi connectivity index (χ1) is 7.88. The minimum absolute atomic E-state index is 0.851. The van der Waals surface area contributed by atoms with Gasteiger partial charge in [0.25, 0.3) is 0 Å². The van der Waals surface area contributed by atoms with E-state index < -0.39 is 0 Å². The lowest BCUT2D eigenvalue weighted by Gasteiger charge is -2.26. The van der Waals surface area contributed by atoms with Crippen molar-refractivity contribution in [1.82, 2.24) is 9.88 Å². The molecule has 0 radical (unpaired) electrons. The van der Waals surface area contributed by atoms with Crippen LogP contribution in [-0.4, -0.2) is 41.9 Å². The normalized spacial score (nSPS) is 17.6. The molecule has 2 rings (SSSR count). The van der Waals surface area contributed by atoms with Crippen molar-refractivity contribution in [2.75, 3.05) is 32.1 Å². The summed E-state index contributed by atoms with van der Waals surface area (Å²) in [5.41, 5.74) is 1.15. The molecule has 0 spiro atoms. The zero-order valence-corrected chi connectivity index (χ0v) is 10.5. The van der Waals surface area contributed by atoms with Gasteiger partial charge in [-0.05, 0) is 17.9 Å². The van der Waals surface area contributed by atoms with Gasteiger partial charge in [0.1, 0.15) is 0 Å². The second kappa shape index (κ2) is 6.23. The topological polar surface area (TPSA) is 25.4 Å². The number of aromatic nitrogens is 1. The summed E-state index contributed by atoms with van der Waals surface area (Å²) in [7, 11) is 0. The third-order valence-corrected chi connectivity index (χ3v) is 3.46. The van der Waals surface area contributed by atoms with Gasteiger partial charge in [-0.15, -0.1) is 11.8 Å². The predicted octanol–water partition coefficient (Wildman–Crippen LogP) is 2.03. The number of hydrogen-bond donors (Lipinski definition) is 0. The maximum absolute atomic E-state index is 5.32. The first-order valence-corrected chi connectivity index (χ1v) is 6.75. The van der Waals surface area contributed by atoms with E-state index in [1.165, 1.54) is 4.90 Å². The lowest BCUT2D eigenvalue weighted by Crippen LogP contribution is -2.35. The fourth-order valence-corrected chi connectivity index (χ4v) is 2.37. The minimum Gasteiger partial charge on any atom is -0.379 e. The van der Waals surface area contributed by atoms with Gasteiger partial charge in [-0.2, -0.15) is 0 Å². The van der Waals surface area contributed by atoms with E-state index in [0.717, 1.165) is 44.3 Å². The Morgan fingerprint density at radius 3 is 2.81 bits per heavy atom. The van der Waals surface area contributed by atoms with Crippen molar-refractivity contribution in [2.24, 2.45) is 0 Å². The van der Waals surface area contributed by atoms with Crippen molar-refractivity contribution >= 4 is 11.8 Å². The third-order valence-electron chi connectivity index (χ3n) is 2.60. The van der Waals surface area contributed by atoms with Gasteiger partial charge in [0, 0.05) is 30.7 Å². The average Bonchev–Trinajstić information content (AvgIpc) is 2.33. The van der Waals surface area contributed by atoms with Gasteiger partial charge in [-0.1, -0.05) is 6.92 Å². The van der Waals surface area contributed by atoms with E-state index in [4.69, 9.17) is 4.74 Å². The molecule has 0 amide bonds. The van der Waals surface area contributed by atoms with Crippen molar-refractivity contribution in [3.8, 4) is 0 Å². The fraction of sp³-hybridized carbons (Fsp3) is 0.583. The van der Waals surface area contributed by atoms with Crippen LogP contribution >= 0.6 is 11.8 Å². The number of ether oxygens (including phenoxy) is 1. The number of thioether (sulfide) groups is 1. The zero-order valence-electron chi connectivity index (χ0n) is 9.69. The molecule has 88 valence electrons. The van der Waals surface area contributed by atoms with Gasteiger partial charge in [0.15, 0.2) is 0 Å². The number of nitrogens with zero attached hydrogens (tertiary/aromatic N) is 2. The van der Waals surface area contributed by atoms with Gasteiger partial charge in [0.05, 0.1) is 18.9 Å². The van der Waals surface area contributed by atoms with E-state index >= 15 is 0 Å². The van der Waals surface area contributed by atoms with Gasteiger partial charge in [-0.25, -0.2) is 0 Å². The van der Waals surface area contributed by atoms with Gasteiger partial charge >= 0.3 is 0 Å². The van der Waals surface area contributed by atoms with Crippen LogP contribution in [-0.2, 0) is 11.3 Å². The predicted molar refractivity (Wildman–Crippen MR) is 66.7 cm³/mol. The van der Waals surface area contributed by atoms with Crippen molar-refractivity contribution in [3.05, 3.63) is 24.0 Å². The summed E-state index contributed by atoms with van der Waals surface area (Å²) in [6, 6.07) is 4.30. The summed E-state index contributed by atoms with van der Waals surface area (Å²) in [6.07, 6.45) is 1.98. The second-order valence-corrected chi connectivity index (χ2v) is 5.14. The molecule has 0 N–H and O–H groups in total. The molecule has 1 aromatic heterocycles. The Bertz CT molecular complexity index is 309. The first-order valence-electron chi connectivity index (χ1n) is 5.76. The maximum atomic E-state index is 5.32. The van der Waals surface area contributed by atoms with E-state index in [-0.39, 0.29) is 0 Å². The smallest absolute Gasteiger partial charge is 0.0594 e. The Morgan fingerprint density at radius 1 is 1.38 bits per heavy atom. The van der Waals surface area contributed by atoms with Crippen molar-refractivity contribution in [1.29, 1.82) is 0 Å². The zero-order chi connectivity index (χ0) is 11.2. The molecule has 0 saturated carbocycles. The largest absolute Gasteiger partial charge is 0.379 e. The lowest BCUT2D eigenvalue weighted by atomic mass is 10.3. The van der Waals surface area contributed by atoms with Crippen LogP contribution in [0.15, 0.2) is 23.2 Å². The summed E-state index contributed by atoms with van der Waals surface area (Å²) < 4.78 is 5.32. The van der Waals surface area contributed by atoms with Gasteiger partial charge in [0.2, 0.25) is 0 Å². The highest BCUT2D eigenvalue weighted by Gasteiger charge is 2.10. The van der Waals surface area contributed by atoms with Crippen LogP contribution in [0.25, 0.3) is 0 Å². The summed E-state index contributed by atoms with van der Waals surface area (Å²) in [5, 5.41) is 0. The molecule has 1 aliphatic rings. The van der Waals surface area contributed by atoms with Crippen LogP contribution in [0.3, 0.4) is 0 Å². The molecule has 4 heteroatoms. The Labute approximate surface area is 101 Å². The molecule has 2 heterocycles. The van der Waals surface area contributed by atoms with E-state index in [1.54, 1.807) is 0 Å². The minimum atomic E-state index is 0.851. The van der Waals surface area contributed by atoms with Crippen LogP contribution < -0.4 is 0 Å². The monoisotopic (exact) mass is 238 g/mol. The molecule has 1 aromatic rings. The maximum Gasteiger partial charge on any atom is 0.0594 e. The van der Waals surface area contributed by atoms with Crippen LogP contribution in [0.4, 0.5) is 0 Å². The van der Waals surface area contributed by atoms with E-state index in [0.29, 0.717) is 0 Å². The van der Waals surface area contributed by atoms with Crippen molar-refractivity contribution in [2.45, 2.75) is 18.4 Å². The molecule has 0 aliphatic carbocycles. The Hall–Kier alpha value is -0.580. The van der Waals surface area contributed by atoms with Crippen LogP contribution in [0.2, 0.25) is 0 Å². The molecular formula is C12H18N2OS. The first kappa shape index (κ1) is 11.9. The highest BCUT2D eigenvalue weighted by Crippen LogP contribution is 2.16. The fourth-order valence-electron chi connectivity index (χ4n) is 1.74. The molecule has 1 fully saturated rings. The van der Waals surface area contributed by atoms with Crippen LogP contribution in [0.5, 0.6) is 0 Å². The summed E-state index contributed by atoms with van der Waals surface area (Å²) in [6.45, 7) is 6.85. The molecule has 0 unspecified atom stereocenters. The quantitative estimate of drug-likeness (QED) is 0.749. The van der Waals surface area contributed by atoms with E-state index in [9.17, 15) is 0 Å². The molecule has 16 heavy (non-hydrogen) atoms. The van der Waals surface area contributed by atoms with Crippen molar-refractivity contribution < 1.29 is 4.74 Å². The number of pyridine rings is 1. The summed E-state index contributed by atoms with van der Waals surface area (Å²) >= 11 is 1.83. The number of hydrogen-bond acceptors (Lipinski definition) is 4. The standard InChI is InChI=1S/C12H18N2OS/c1-2-16-12-4-3-11(13-9-12)10-14-5-7-15-8-6-14/h3-4,9H,2,5-8,10H2,1H3. The lowest BCUT2D eigenvalue weighted by molar-refractivity contribution is 0.0336. The summed E-state index contributed by atoms with van der Waals surface area (Å²) in [5.74, 6) is 1.10. The van der Waals surface area contributed by atoms with Crippen molar-refractivity contribution in [3.63, 3.8) is 0 Å². The Kier molecular flexibility index (Phi) is 4.63. The molecular weight excluding hydrogens is 220 g/mol. The molecule has 1 saturated heterocycles. The molecule has 1 aliphatic heterocycles. The second-order valence-electron chi connectivity index (χ2n) is 3.81. The Morgan fingerprint density at radius 2 is 2.19 bits per heavy atom. The van der Waals surface area contributed by atoms with Crippen LogP contribution in [0, 0.1) is 0 Å². The van der Waals surface area contributed by atoms with Gasteiger partial charge in [-0.3, -0.25) is 9.88 Å². The average molecular weight is 238 g/mol. The van der Waals surface area contributed by atoms with E-state index in [1.807, 2.05) is 18.0 Å². The Balaban J connectivity index is 1.88. The summed E-state index contributed by atoms with van der Waals surface area (Å²) in [4.78, 5) is 8.13. The SMILES string of the molecule is CCSc1ccc(CN2CCOCC2)nc1. The molecule has 0 aromatic carbocycles.